The van der Waals surface area contributed by atoms with Crippen LogP contribution < -0.4 is 10.6 Å². The number of benzene rings is 2. The number of carbonyl (C=O) groups excluding carboxylic acids is 2. The minimum atomic E-state index is -1.17. The Balaban J connectivity index is 2.28. The second-order valence-corrected chi connectivity index (χ2v) is 6.38. The molecule has 0 heterocycles. The average molecular weight is 417 g/mol. The molecule has 1 atom stereocenters. The van der Waals surface area contributed by atoms with Gasteiger partial charge < -0.3 is 15.7 Å². The van der Waals surface area contributed by atoms with E-state index in [0.29, 0.717) is 11.1 Å². The largest absolute Gasteiger partial charge is 0.480 e. The molecule has 0 spiro atoms. The lowest BCUT2D eigenvalue weighted by molar-refractivity contribution is -0.140. The van der Waals surface area contributed by atoms with Crippen LogP contribution in [-0.4, -0.2) is 28.9 Å². The highest BCUT2D eigenvalue weighted by Gasteiger charge is 2.19. The quantitative estimate of drug-likeness (QED) is 0.630. The summed E-state index contributed by atoms with van der Waals surface area (Å²) in [5, 5.41) is 13.9. The fraction of sp³-hybridized carbons (Fsp3) is 0.105. The van der Waals surface area contributed by atoms with Gasteiger partial charge in [-0.15, -0.1) is 0 Å². The number of halogens is 1. The summed E-state index contributed by atoms with van der Waals surface area (Å²) in [6.45, 7) is 1.34. The zero-order chi connectivity index (χ0) is 19.1. The minimum Gasteiger partial charge on any atom is -0.480 e. The van der Waals surface area contributed by atoms with Crippen molar-refractivity contribution >= 4 is 39.8 Å². The monoisotopic (exact) mass is 416 g/mol. The van der Waals surface area contributed by atoms with Crippen molar-refractivity contribution in [3.05, 3.63) is 75.9 Å². The first-order chi connectivity index (χ1) is 12.4. The number of carboxylic acids is 1. The topological polar surface area (TPSA) is 95.5 Å². The lowest BCUT2D eigenvalue weighted by Gasteiger charge is -2.13. The Morgan fingerprint density at radius 3 is 2.38 bits per heavy atom. The second kappa shape index (κ2) is 8.96. The Morgan fingerprint density at radius 1 is 1.08 bits per heavy atom. The molecular formula is C19H17BrN2O4. The maximum Gasteiger partial charge on any atom is 0.325 e. The number of aliphatic carboxylic acids is 1. The third-order valence-electron chi connectivity index (χ3n) is 3.41. The van der Waals surface area contributed by atoms with Crippen molar-refractivity contribution in [3.63, 3.8) is 0 Å². The van der Waals surface area contributed by atoms with Gasteiger partial charge in [-0.05, 0) is 36.8 Å². The number of amides is 2. The van der Waals surface area contributed by atoms with Crippen LogP contribution in [0.2, 0.25) is 0 Å². The van der Waals surface area contributed by atoms with Gasteiger partial charge in [0.2, 0.25) is 0 Å². The van der Waals surface area contributed by atoms with E-state index in [-0.39, 0.29) is 5.70 Å². The molecule has 0 aliphatic heterocycles. The summed E-state index contributed by atoms with van der Waals surface area (Å²) >= 11 is 3.29. The number of hydrogen-bond donors (Lipinski definition) is 3. The van der Waals surface area contributed by atoms with Crippen molar-refractivity contribution in [3.8, 4) is 0 Å². The van der Waals surface area contributed by atoms with E-state index in [9.17, 15) is 14.4 Å². The maximum atomic E-state index is 12.5. The van der Waals surface area contributed by atoms with Crippen LogP contribution in [0.15, 0.2) is 64.8 Å². The van der Waals surface area contributed by atoms with Gasteiger partial charge in [-0.1, -0.05) is 52.3 Å². The fourth-order valence-corrected chi connectivity index (χ4v) is 2.43. The van der Waals surface area contributed by atoms with Crippen LogP contribution in [0.4, 0.5) is 0 Å². The highest BCUT2D eigenvalue weighted by molar-refractivity contribution is 9.10. The van der Waals surface area contributed by atoms with Crippen molar-refractivity contribution < 1.29 is 19.5 Å². The molecule has 2 aromatic rings. The molecule has 2 aromatic carbocycles. The van der Waals surface area contributed by atoms with Gasteiger partial charge >= 0.3 is 5.97 Å². The summed E-state index contributed by atoms with van der Waals surface area (Å²) in [5.41, 5.74) is 1.00. The zero-order valence-corrected chi connectivity index (χ0v) is 15.5. The standard InChI is InChI=1S/C19H17BrN2O4/c1-12(19(25)26)21-18(24)16(10-13-6-3-2-4-7-13)22-17(23)14-8-5-9-15(20)11-14/h2-12H,1H3,(H,21,24)(H,22,23)(H,25,26). The smallest absolute Gasteiger partial charge is 0.325 e. The molecule has 2 rings (SSSR count). The van der Waals surface area contributed by atoms with E-state index in [1.54, 1.807) is 48.5 Å². The number of nitrogens with one attached hydrogen (secondary N) is 2. The fourth-order valence-electron chi connectivity index (χ4n) is 2.03. The van der Waals surface area contributed by atoms with Crippen LogP contribution in [0.1, 0.15) is 22.8 Å². The molecule has 0 bridgehead atoms. The highest BCUT2D eigenvalue weighted by Crippen LogP contribution is 2.12. The first-order valence-corrected chi connectivity index (χ1v) is 8.53. The molecule has 0 aliphatic rings. The maximum absolute atomic E-state index is 12.5. The third-order valence-corrected chi connectivity index (χ3v) is 3.90. The average Bonchev–Trinajstić information content (AvgIpc) is 2.61. The van der Waals surface area contributed by atoms with Crippen molar-refractivity contribution in [1.82, 2.24) is 10.6 Å². The molecule has 26 heavy (non-hydrogen) atoms. The van der Waals surface area contributed by atoms with E-state index >= 15 is 0 Å². The minimum absolute atomic E-state index is 0.0470. The summed E-state index contributed by atoms with van der Waals surface area (Å²) < 4.78 is 0.725. The van der Waals surface area contributed by atoms with Gasteiger partial charge in [-0.2, -0.15) is 0 Å². The van der Waals surface area contributed by atoms with Crippen LogP contribution in [0, 0.1) is 0 Å². The first-order valence-electron chi connectivity index (χ1n) is 7.74. The van der Waals surface area contributed by atoms with Crippen LogP contribution in [0.5, 0.6) is 0 Å². The van der Waals surface area contributed by atoms with E-state index in [1.807, 2.05) is 6.07 Å². The predicted octanol–water partition coefficient (Wildman–Crippen LogP) is 2.81. The summed E-state index contributed by atoms with van der Waals surface area (Å²) in [5.74, 6) is -2.34. The first kappa shape index (κ1) is 19.4. The molecule has 2 amide bonds. The van der Waals surface area contributed by atoms with Crippen molar-refractivity contribution in [2.75, 3.05) is 0 Å². The Kier molecular flexibility index (Phi) is 6.68. The zero-order valence-electron chi connectivity index (χ0n) is 13.9. The molecule has 0 saturated carbocycles. The van der Waals surface area contributed by atoms with Gasteiger partial charge in [0.1, 0.15) is 11.7 Å². The van der Waals surface area contributed by atoms with Gasteiger partial charge in [0, 0.05) is 10.0 Å². The Labute approximate surface area is 159 Å². The molecule has 3 N–H and O–H groups in total. The van der Waals surface area contributed by atoms with Crippen molar-refractivity contribution in [2.45, 2.75) is 13.0 Å². The van der Waals surface area contributed by atoms with E-state index in [0.717, 1.165) is 4.47 Å². The summed E-state index contributed by atoms with van der Waals surface area (Å²) in [6.07, 6.45) is 1.49. The van der Waals surface area contributed by atoms with Gasteiger partial charge in [-0.25, -0.2) is 0 Å². The normalized spacial score (nSPS) is 12.2. The van der Waals surface area contributed by atoms with Gasteiger partial charge in [-0.3, -0.25) is 14.4 Å². The van der Waals surface area contributed by atoms with Gasteiger partial charge in [0.05, 0.1) is 0 Å². The van der Waals surface area contributed by atoms with E-state index in [2.05, 4.69) is 26.6 Å². The van der Waals surface area contributed by atoms with E-state index in [1.165, 1.54) is 13.0 Å². The van der Waals surface area contributed by atoms with Gasteiger partial charge in [0.25, 0.3) is 11.8 Å². The van der Waals surface area contributed by atoms with Gasteiger partial charge in [0.15, 0.2) is 0 Å². The Hall–Kier alpha value is -2.93. The highest BCUT2D eigenvalue weighted by atomic mass is 79.9. The van der Waals surface area contributed by atoms with Crippen molar-refractivity contribution in [2.24, 2.45) is 0 Å². The van der Waals surface area contributed by atoms with E-state index in [4.69, 9.17) is 5.11 Å². The molecule has 0 fully saturated rings. The molecule has 0 radical (unpaired) electrons. The molecule has 1 unspecified atom stereocenters. The number of carbonyl (C=O) groups is 3. The van der Waals surface area contributed by atoms with Crippen LogP contribution >= 0.6 is 15.9 Å². The molecule has 6 nitrogen and oxygen atoms in total. The number of carboxylic acid groups (broad SMARTS) is 1. The lowest BCUT2D eigenvalue weighted by Crippen LogP contribution is -2.42. The lowest BCUT2D eigenvalue weighted by atomic mass is 10.1. The third kappa shape index (κ3) is 5.56. The van der Waals surface area contributed by atoms with E-state index < -0.39 is 23.8 Å². The summed E-state index contributed by atoms with van der Waals surface area (Å²) in [4.78, 5) is 35.9. The molecule has 0 aromatic heterocycles. The van der Waals surface area contributed by atoms with Crippen LogP contribution in [0.3, 0.4) is 0 Å². The molecule has 0 saturated heterocycles. The number of rotatable bonds is 6. The molecular weight excluding hydrogens is 400 g/mol. The molecule has 7 heteroatoms. The predicted molar refractivity (Wildman–Crippen MR) is 101 cm³/mol. The van der Waals surface area contributed by atoms with Crippen molar-refractivity contribution in [1.29, 1.82) is 0 Å². The summed E-state index contributed by atoms with van der Waals surface area (Å²) in [7, 11) is 0. The Bertz CT molecular complexity index is 850. The number of hydrogen-bond acceptors (Lipinski definition) is 3. The summed E-state index contributed by atoms with van der Waals surface area (Å²) in [6, 6.07) is 14.5. The Morgan fingerprint density at radius 2 is 1.77 bits per heavy atom. The second-order valence-electron chi connectivity index (χ2n) is 5.47. The van der Waals surface area contributed by atoms with Crippen LogP contribution in [0.25, 0.3) is 6.08 Å². The molecule has 0 aliphatic carbocycles. The SMILES string of the molecule is CC(NC(=O)C(=Cc1ccccc1)NC(=O)c1cccc(Br)c1)C(=O)O. The van der Waals surface area contributed by atoms with Crippen LogP contribution in [-0.2, 0) is 9.59 Å². The molecule has 134 valence electrons.